The van der Waals surface area contributed by atoms with E-state index in [9.17, 15) is 12.8 Å². The van der Waals surface area contributed by atoms with Crippen LogP contribution in [0.4, 0.5) is 10.1 Å². The monoisotopic (exact) mass is 288 g/mol. The molecular formula is C12H17FN2O3S. The fraction of sp³-hybridized carbons (Fsp3) is 0.500. The standard InChI is InChI=1S/C12H17FN2O3S/c13-11-7-10(1-2-12(11)14)19(17,18)15-5-3-9(8-15)4-6-16/h1-2,7,9,16H,3-6,8,14H2. The summed E-state index contributed by atoms with van der Waals surface area (Å²) in [5.41, 5.74) is 5.27. The Morgan fingerprint density at radius 2 is 2.21 bits per heavy atom. The quantitative estimate of drug-likeness (QED) is 0.803. The molecule has 1 aliphatic rings. The molecule has 1 atom stereocenters. The van der Waals surface area contributed by atoms with E-state index in [2.05, 4.69) is 0 Å². The van der Waals surface area contributed by atoms with Gasteiger partial charge in [0.15, 0.2) is 0 Å². The van der Waals surface area contributed by atoms with E-state index in [1.807, 2.05) is 0 Å². The Morgan fingerprint density at radius 3 is 2.84 bits per heavy atom. The van der Waals surface area contributed by atoms with Gasteiger partial charge < -0.3 is 10.8 Å². The molecule has 5 nitrogen and oxygen atoms in total. The van der Waals surface area contributed by atoms with Gasteiger partial charge in [-0.05, 0) is 37.0 Å². The average molecular weight is 288 g/mol. The molecule has 1 saturated heterocycles. The van der Waals surface area contributed by atoms with Gasteiger partial charge in [-0.25, -0.2) is 12.8 Å². The molecule has 0 radical (unpaired) electrons. The molecule has 1 aliphatic heterocycles. The summed E-state index contributed by atoms with van der Waals surface area (Å²) >= 11 is 0. The molecule has 0 spiro atoms. The van der Waals surface area contributed by atoms with Crippen molar-refractivity contribution in [3.8, 4) is 0 Å². The summed E-state index contributed by atoms with van der Waals surface area (Å²) in [4.78, 5) is -0.0798. The summed E-state index contributed by atoms with van der Waals surface area (Å²) in [6, 6.07) is 3.51. The van der Waals surface area contributed by atoms with Crippen molar-refractivity contribution in [3.63, 3.8) is 0 Å². The predicted molar refractivity (Wildman–Crippen MR) is 69.4 cm³/mol. The predicted octanol–water partition coefficient (Wildman–Crippen LogP) is 0.801. The fourth-order valence-electron chi connectivity index (χ4n) is 2.25. The number of rotatable bonds is 4. The molecule has 0 saturated carbocycles. The van der Waals surface area contributed by atoms with Gasteiger partial charge in [0.05, 0.1) is 10.6 Å². The first kappa shape index (κ1) is 14.2. The van der Waals surface area contributed by atoms with Crippen LogP contribution in [0.15, 0.2) is 23.1 Å². The van der Waals surface area contributed by atoms with Crippen LogP contribution in [-0.2, 0) is 10.0 Å². The normalized spacial score (nSPS) is 20.8. The second-order valence-corrected chi connectivity index (χ2v) is 6.65. The third kappa shape index (κ3) is 2.88. The largest absolute Gasteiger partial charge is 0.396 e. The Kier molecular flexibility index (Phi) is 4.07. The number of aliphatic hydroxyl groups excluding tert-OH is 1. The van der Waals surface area contributed by atoms with E-state index in [-0.39, 0.29) is 23.1 Å². The number of hydrogen-bond acceptors (Lipinski definition) is 4. The van der Waals surface area contributed by atoms with Crippen molar-refractivity contribution in [2.24, 2.45) is 5.92 Å². The number of aliphatic hydroxyl groups is 1. The maximum Gasteiger partial charge on any atom is 0.243 e. The summed E-state index contributed by atoms with van der Waals surface area (Å²) in [6.45, 7) is 0.822. The minimum Gasteiger partial charge on any atom is -0.396 e. The SMILES string of the molecule is Nc1ccc(S(=O)(=O)N2CCC(CCO)C2)cc1F. The first-order valence-electron chi connectivity index (χ1n) is 6.11. The van der Waals surface area contributed by atoms with Gasteiger partial charge in [-0.2, -0.15) is 4.31 Å². The Morgan fingerprint density at radius 1 is 1.47 bits per heavy atom. The number of anilines is 1. The van der Waals surface area contributed by atoms with E-state index in [1.165, 1.54) is 16.4 Å². The van der Waals surface area contributed by atoms with E-state index in [4.69, 9.17) is 10.8 Å². The molecule has 7 heteroatoms. The van der Waals surface area contributed by atoms with E-state index in [0.717, 1.165) is 12.5 Å². The molecule has 0 aliphatic carbocycles. The number of nitrogen functional groups attached to an aromatic ring is 1. The van der Waals surface area contributed by atoms with E-state index < -0.39 is 15.8 Å². The topological polar surface area (TPSA) is 83.6 Å². The fourth-order valence-corrected chi connectivity index (χ4v) is 3.79. The lowest BCUT2D eigenvalue weighted by atomic mass is 10.1. The van der Waals surface area contributed by atoms with Gasteiger partial charge in [0, 0.05) is 19.7 Å². The third-order valence-corrected chi connectivity index (χ3v) is 5.26. The summed E-state index contributed by atoms with van der Waals surface area (Å²) < 4.78 is 39.3. The van der Waals surface area contributed by atoms with Gasteiger partial charge in [-0.3, -0.25) is 0 Å². The maximum atomic E-state index is 13.4. The number of nitrogens with two attached hydrogens (primary N) is 1. The number of benzene rings is 1. The van der Waals surface area contributed by atoms with Gasteiger partial charge >= 0.3 is 0 Å². The molecule has 1 fully saturated rings. The van der Waals surface area contributed by atoms with Crippen LogP contribution in [0.5, 0.6) is 0 Å². The molecule has 0 amide bonds. The van der Waals surface area contributed by atoms with Gasteiger partial charge in [-0.1, -0.05) is 0 Å². The molecule has 3 N–H and O–H groups in total. The van der Waals surface area contributed by atoms with E-state index in [1.54, 1.807) is 0 Å². The average Bonchev–Trinajstić information content (AvgIpc) is 2.82. The molecule has 106 valence electrons. The van der Waals surface area contributed by atoms with Gasteiger partial charge in [0.1, 0.15) is 5.82 Å². The molecule has 0 bridgehead atoms. The van der Waals surface area contributed by atoms with Crippen LogP contribution in [0, 0.1) is 11.7 Å². The molecule has 1 aromatic rings. The number of hydrogen-bond donors (Lipinski definition) is 2. The Hall–Kier alpha value is -1.18. The minimum absolute atomic E-state index is 0.0506. The zero-order chi connectivity index (χ0) is 14.0. The number of nitrogens with zero attached hydrogens (tertiary/aromatic N) is 1. The van der Waals surface area contributed by atoms with Crippen molar-refractivity contribution in [2.45, 2.75) is 17.7 Å². The van der Waals surface area contributed by atoms with E-state index in [0.29, 0.717) is 19.5 Å². The van der Waals surface area contributed by atoms with Crippen molar-refractivity contribution >= 4 is 15.7 Å². The molecule has 0 aromatic heterocycles. The van der Waals surface area contributed by atoms with Crippen molar-refractivity contribution < 1.29 is 17.9 Å². The molecule has 1 heterocycles. The lowest BCUT2D eigenvalue weighted by Gasteiger charge is -2.16. The lowest BCUT2D eigenvalue weighted by Crippen LogP contribution is -2.29. The summed E-state index contributed by atoms with van der Waals surface area (Å²) in [5.74, 6) is -0.564. The highest BCUT2D eigenvalue weighted by molar-refractivity contribution is 7.89. The van der Waals surface area contributed by atoms with Crippen LogP contribution in [0.2, 0.25) is 0 Å². The lowest BCUT2D eigenvalue weighted by molar-refractivity contribution is 0.259. The van der Waals surface area contributed by atoms with Gasteiger partial charge in [0.25, 0.3) is 0 Å². The summed E-state index contributed by atoms with van der Waals surface area (Å²) in [5, 5.41) is 8.87. The van der Waals surface area contributed by atoms with Crippen molar-refractivity contribution in [3.05, 3.63) is 24.0 Å². The summed E-state index contributed by atoms with van der Waals surface area (Å²) in [7, 11) is -3.67. The highest BCUT2D eigenvalue weighted by Crippen LogP contribution is 2.27. The van der Waals surface area contributed by atoms with Crippen LogP contribution < -0.4 is 5.73 Å². The minimum atomic E-state index is -3.67. The molecular weight excluding hydrogens is 271 g/mol. The second kappa shape index (κ2) is 5.44. The first-order chi connectivity index (χ1) is 8.95. The van der Waals surface area contributed by atoms with Crippen LogP contribution in [-0.4, -0.2) is 37.5 Å². The van der Waals surface area contributed by atoms with Gasteiger partial charge in [0.2, 0.25) is 10.0 Å². The van der Waals surface area contributed by atoms with Crippen LogP contribution >= 0.6 is 0 Å². The van der Waals surface area contributed by atoms with Crippen LogP contribution in [0.3, 0.4) is 0 Å². The molecule has 2 rings (SSSR count). The zero-order valence-corrected chi connectivity index (χ0v) is 11.2. The third-order valence-electron chi connectivity index (χ3n) is 3.40. The highest BCUT2D eigenvalue weighted by Gasteiger charge is 2.32. The van der Waals surface area contributed by atoms with Crippen LogP contribution in [0.1, 0.15) is 12.8 Å². The number of halogens is 1. The smallest absolute Gasteiger partial charge is 0.243 e. The van der Waals surface area contributed by atoms with Crippen molar-refractivity contribution in [2.75, 3.05) is 25.4 Å². The second-order valence-electron chi connectivity index (χ2n) is 4.71. The Balaban J connectivity index is 2.21. The van der Waals surface area contributed by atoms with Crippen molar-refractivity contribution in [1.82, 2.24) is 4.31 Å². The number of sulfonamides is 1. The summed E-state index contributed by atoms with van der Waals surface area (Å²) in [6.07, 6.45) is 1.30. The van der Waals surface area contributed by atoms with E-state index >= 15 is 0 Å². The maximum absolute atomic E-state index is 13.4. The zero-order valence-electron chi connectivity index (χ0n) is 10.4. The molecule has 1 unspecified atom stereocenters. The molecule has 1 aromatic carbocycles. The van der Waals surface area contributed by atoms with Gasteiger partial charge in [-0.15, -0.1) is 0 Å². The first-order valence-corrected chi connectivity index (χ1v) is 7.55. The van der Waals surface area contributed by atoms with Crippen LogP contribution in [0.25, 0.3) is 0 Å². The Bertz CT molecular complexity index is 562. The highest BCUT2D eigenvalue weighted by atomic mass is 32.2. The molecule has 19 heavy (non-hydrogen) atoms. The van der Waals surface area contributed by atoms with Crippen molar-refractivity contribution in [1.29, 1.82) is 0 Å². The Labute approximate surface area is 111 Å².